The highest BCUT2D eigenvalue weighted by atomic mass is 19.1. The van der Waals surface area contributed by atoms with E-state index >= 15 is 0 Å². The van der Waals surface area contributed by atoms with Crippen molar-refractivity contribution in [1.82, 2.24) is 0 Å². The van der Waals surface area contributed by atoms with Crippen LogP contribution in [-0.2, 0) is 4.79 Å². The van der Waals surface area contributed by atoms with Crippen molar-refractivity contribution in [3.63, 3.8) is 0 Å². The highest BCUT2D eigenvalue weighted by Crippen LogP contribution is 2.41. The maximum absolute atomic E-state index is 13.6. The summed E-state index contributed by atoms with van der Waals surface area (Å²) >= 11 is 0. The highest BCUT2D eigenvalue weighted by Gasteiger charge is 2.33. The third-order valence-corrected chi connectivity index (χ3v) is 6.31. The van der Waals surface area contributed by atoms with E-state index in [0.717, 1.165) is 55.6 Å². The van der Waals surface area contributed by atoms with Gasteiger partial charge in [-0.3, -0.25) is 4.79 Å². The van der Waals surface area contributed by atoms with E-state index in [9.17, 15) is 13.6 Å². The molecular formula is C21H28F2O2. The molecule has 0 unspecified atom stereocenters. The Morgan fingerprint density at radius 2 is 1.40 bits per heavy atom. The lowest BCUT2D eigenvalue weighted by Crippen LogP contribution is -2.29. The van der Waals surface area contributed by atoms with E-state index in [1.165, 1.54) is 32.6 Å². The van der Waals surface area contributed by atoms with Crippen LogP contribution in [0.3, 0.4) is 0 Å². The first-order valence-corrected chi connectivity index (χ1v) is 9.61. The third-order valence-electron chi connectivity index (χ3n) is 6.31. The summed E-state index contributed by atoms with van der Waals surface area (Å²) in [5, 5.41) is 0. The zero-order valence-electron chi connectivity index (χ0n) is 15.2. The lowest BCUT2D eigenvalue weighted by molar-refractivity contribution is -0.140. The van der Waals surface area contributed by atoms with Gasteiger partial charge in [-0.1, -0.05) is 19.8 Å². The van der Waals surface area contributed by atoms with Crippen molar-refractivity contribution in [2.45, 2.75) is 65.2 Å². The fraction of sp³-hybridized carbons (Fsp3) is 0.667. The summed E-state index contributed by atoms with van der Waals surface area (Å²) in [7, 11) is 0. The molecule has 2 nitrogen and oxygen atoms in total. The molecule has 0 atom stereocenters. The van der Waals surface area contributed by atoms with E-state index in [2.05, 4.69) is 6.92 Å². The van der Waals surface area contributed by atoms with E-state index in [4.69, 9.17) is 4.74 Å². The number of hydrogen-bond donors (Lipinski definition) is 0. The second kappa shape index (κ2) is 7.84. The lowest BCUT2D eigenvalue weighted by atomic mass is 9.69. The van der Waals surface area contributed by atoms with Crippen molar-refractivity contribution in [2.24, 2.45) is 23.7 Å². The van der Waals surface area contributed by atoms with Crippen molar-refractivity contribution in [3.8, 4) is 5.75 Å². The Kier molecular flexibility index (Phi) is 5.75. The highest BCUT2D eigenvalue weighted by molar-refractivity contribution is 5.75. The molecule has 138 valence electrons. The van der Waals surface area contributed by atoms with Crippen LogP contribution in [0.25, 0.3) is 0 Å². The maximum Gasteiger partial charge on any atom is 0.314 e. The number of esters is 1. The molecule has 0 spiro atoms. The van der Waals surface area contributed by atoms with Gasteiger partial charge in [0.25, 0.3) is 0 Å². The average molecular weight is 350 g/mol. The molecule has 0 bridgehead atoms. The van der Waals surface area contributed by atoms with Gasteiger partial charge in [0.05, 0.1) is 5.92 Å². The molecule has 0 saturated heterocycles. The van der Waals surface area contributed by atoms with E-state index in [1.54, 1.807) is 0 Å². The van der Waals surface area contributed by atoms with Gasteiger partial charge in [-0.2, -0.15) is 0 Å². The topological polar surface area (TPSA) is 26.3 Å². The summed E-state index contributed by atoms with van der Waals surface area (Å²) in [5.74, 6) is 0.506. The first-order chi connectivity index (χ1) is 11.9. The molecule has 2 saturated carbocycles. The van der Waals surface area contributed by atoms with E-state index in [1.807, 2.05) is 0 Å². The largest absolute Gasteiger partial charge is 0.426 e. The van der Waals surface area contributed by atoms with Crippen molar-refractivity contribution in [2.75, 3.05) is 0 Å². The molecule has 0 aromatic heterocycles. The zero-order valence-corrected chi connectivity index (χ0v) is 15.2. The molecule has 1 aromatic rings. The van der Waals surface area contributed by atoms with Gasteiger partial charge in [-0.05, 0) is 63.2 Å². The second-order valence-electron chi connectivity index (χ2n) is 8.06. The van der Waals surface area contributed by atoms with Crippen LogP contribution in [0.5, 0.6) is 5.75 Å². The third kappa shape index (κ3) is 4.39. The summed E-state index contributed by atoms with van der Waals surface area (Å²) in [4.78, 5) is 12.3. The number of carbonyl (C=O) groups is 1. The van der Waals surface area contributed by atoms with Gasteiger partial charge in [0, 0.05) is 17.7 Å². The Labute approximate surface area is 149 Å². The molecule has 2 aliphatic carbocycles. The fourth-order valence-electron chi connectivity index (χ4n) is 4.46. The summed E-state index contributed by atoms with van der Waals surface area (Å²) in [6.45, 7) is 3.70. The number of benzene rings is 1. The van der Waals surface area contributed by atoms with Crippen LogP contribution in [0.4, 0.5) is 8.78 Å². The molecule has 0 heterocycles. The van der Waals surface area contributed by atoms with E-state index < -0.39 is 11.6 Å². The van der Waals surface area contributed by atoms with Gasteiger partial charge < -0.3 is 4.74 Å². The van der Waals surface area contributed by atoms with E-state index in [0.29, 0.717) is 0 Å². The molecule has 2 fully saturated rings. The molecule has 4 heteroatoms. The van der Waals surface area contributed by atoms with Crippen LogP contribution in [0, 0.1) is 42.2 Å². The fourth-order valence-corrected chi connectivity index (χ4v) is 4.46. The summed E-state index contributed by atoms with van der Waals surface area (Å²) in [6, 6.07) is 2.18. The van der Waals surface area contributed by atoms with Crippen molar-refractivity contribution in [3.05, 3.63) is 29.3 Å². The van der Waals surface area contributed by atoms with Crippen LogP contribution in [0.1, 0.15) is 63.9 Å². The molecule has 0 aliphatic heterocycles. The molecule has 0 radical (unpaired) electrons. The molecule has 0 amide bonds. The van der Waals surface area contributed by atoms with Crippen LogP contribution in [-0.4, -0.2) is 5.97 Å². The van der Waals surface area contributed by atoms with Crippen LogP contribution in [0.2, 0.25) is 0 Å². The number of rotatable bonds is 3. The predicted octanol–water partition coefficient (Wildman–Crippen LogP) is 5.81. The SMILES string of the molecule is Cc1c(F)cc(OC(=O)C2CCC(C3CCC(C)CC3)CC2)cc1F. The van der Waals surface area contributed by atoms with Gasteiger partial charge in [0.15, 0.2) is 0 Å². The van der Waals surface area contributed by atoms with Gasteiger partial charge in [0.1, 0.15) is 17.4 Å². The summed E-state index contributed by atoms with van der Waals surface area (Å²) < 4.78 is 32.4. The Hall–Kier alpha value is -1.45. The average Bonchev–Trinajstić information content (AvgIpc) is 2.60. The summed E-state index contributed by atoms with van der Waals surface area (Å²) in [6.07, 6.45) is 9.09. The Balaban J connectivity index is 1.52. The second-order valence-corrected chi connectivity index (χ2v) is 8.06. The minimum atomic E-state index is -0.682. The number of halogens is 2. The first-order valence-electron chi connectivity index (χ1n) is 9.61. The van der Waals surface area contributed by atoms with Gasteiger partial charge in [-0.25, -0.2) is 8.78 Å². The maximum atomic E-state index is 13.6. The quantitative estimate of drug-likeness (QED) is 0.508. The predicted molar refractivity (Wildman–Crippen MR) is 93.3 cm³/mol. The number of hydrogen-bond acceptors (Lipinski definition) is 2. The van der Waals surface area contributed by atoms with Crippen LogP contribution in [0.15, 0.2) is 12.1 Å². The van der Waals surface area contributed by atoms with Crippen molar-refractivity contribution >= 4 is 5.97 Å². The van der Waals surface area contributed by atoms with Crippen molar-refractivity contribution in [1.29, 1.82) is 0 Å². The molecule has 2 aliphatic rings. The van der Waals surface area contributed by atoms with E-state index in [-0.39, 0.29) is 23.2 Å². The lowest BCUT2D eigenvalue weighted by Gasteiger charge is -2.36. The molecular weight excluding hydrogens is 322 g/mol. The van der Waals surface area contributed by atoms with Gasteiger partial charge in [0.2, 0.25) is 0 Å². The van der Waals surface area contributed by atoms with Gasteiger partial charge in [-0.15, -0.1) is 0 Å². The first kappa shape index (κ1) is 18.3. The normalized spacial score (nSPS) is 30.1. The van der Waals surface area contributed by atoms with Crippen LogP contribution >= 0.6 is 0 Å². The Morgan fingerprint density at radius 1 is 0.920 bits per heavy atom. The van der Waals surface area contributed by atoms with Gasteiger partial charge >= 0.3 is 5.97 Å². The smallest absolute Gasteiger partial charge is 0.314 e. The number of carbonyl (C=O) groups excluding carboxylic acids is 1. The molecule has 25 heavy (non-hydrogen) atoms. The molecule has 0 N–H and O–H groups in total. The molecule has 3 rings (SSSR count). The minimum absolute atomic E-state index is 0.0333. The standard InChI is InChI=1S/C21H28F2O2/c1-13-3-5-15(6-4-13)16-7-9-17(10-8-16)21(24)25-18-11-19(22)14(2)20(23)12-18/h11-13,15-17H,3-10H2,1-2H3. The zero-order chi connectivity index (χ0) is 18.0. The Morgan fingerprint density at radius 3 is 1.92 bits per heavy atom. The minimum Gasteiger partial charge on any atom is -0.426 e. The number of ether oxygens (including phenoxy) is 1. The summed E-state index contributed by atoms with van der Waals surface area (Å²) in [5.41, 5.74) is -0.0536. The van der Waals surface area contributed by atoms with Crippen LogP contribution < -0.4 is 4.74 Å². The Bertz CT molecular complexity index is 589. The monoisotopic (exact) mass is 350 g/mol. The van der Waals surface area contributed by atoms with Crippen molar-refractivity contribution < 1.29 is 18.3 Å². The molecule has 1 aromatic carbocycles.